The summed E-state index contributed by atoms with van der Waals surface area (Å²) in [5, 5.41) is 2.34. The van der Waals surface area contributed by atoms with Crippen molar-refractivity contribution in [1.29, 1.82) is 0 Å². The number of aryl methyl sites for hydroxylation is 1. The Labute approximate surface area is 199 Å². The lowest BCUT2D eigenvalue weighted by molar-refractivity contribution is 0.0953. The zero-order valence-electron chi connectivity index (χ0n) is 16.8. The average Bonchev–Trinajstić information content (AvgIpc) is 3.46. The summed E-state index contributed by atoms with van der Waals surface area (Å²) in [7, 11) is -3.91. The molecule has 0 aliphatic rings. The summed E-state index contributed by atoms with van der Waals surface area (Å²) in [4.78, 5) is 15.8. The number of anilines is 1. The number of nitrogens with zero attached hydrogens (tertiary/aromatic N) is 1. The number of carbonyl (C=O) groups excluding carboxylic acids is 1. The molecule has 32 heavy (non-hydrogen) atoms. The van der Waals surface area contributed by atoms with Crippen molar-refractivity contribution in [2.45, 2.75) is 23.5 Å². The van der Waals surface area contributed by atoms with Gasteiger partial charge in [-0.25, -0.2) is 8.42 Å². The second-order valence-electron chi connectivity index (χ2n) is 7.00. The van der Waals surface area contributed by atoms with Crippen LogP contribution in [0, 0.1) is 6.92 Å². The van der Waals surface area contributed by atoms with E-state index in [4.69, 9.17) is 27.6 Å². The maximum absolute atomic E-state index is 13.4. The van der Waals surface area contributed by atoms with E-state index in [1.165, 1.54) is 40.5 Å². The van der Waals surface area contributed by atoms with E-state index in [0.29, 0.717) is 15.7 Å². The van der Waals surface area contributed by atoms with Crippen LogP contribution in [0.25, 0.3) is 0 Å². The monoisotopic (exact) mass is 505 g/mol. The minimum absolute atomic E-state index is 0.0878. The predicted molar refractivity (Wildman–Crippen MR) is 127 cm³/mol. The van der Waals surface area contributed by atoms with Crippen LogP contribution in [0.4, 0.5) is 5.69 Å². The van der Waals surface area contributed by atoms with Crippen molar-refractivity contribution in [3.8, 4) is 0 Å². The zero-order valence-corrected chi connectivity index (χ0v) is 19.9. The Kier molecular flexibility index (Phi) is 6.44. The number of amides is 1. The molecule has 0 spiro atoms. The van der Waals surface area contributed by atoms with Crippen LogP contribution in [0.2, 0.25) is 10.0 Å². The second-order valence-corrected chi connectivity index (χ2v) is 10.8. The first-order valence-corrected chi connectivity index (χ1v) is 12.6. The number of furan rings is 1. The fourth-order valence-electron chi connectivity index (χ4n) is 3.06. The van der Waals surface area contributed by atoms with Gasteiger partial charge < -0.3 is 4.42 Å². The highest BCUT2D eigenvalue weighted by Crippen LogP contribution is 2.33. The zero-order chi connectivity index (χ0) is 22.9. The van der Waals surface area contributed by atoms with Crippen molar-refractivity contribution >= 4 is 56.0 Å². The van der Waals surface area contributed by atoms with Gasteiger partial charge >= 0.3 is 0 Å². The van der Waals surface area contributed by atoms with Crippen LogP contribution in [0.5, 0.6) is 0 Å². The lowest BCUT2D eigenvalue weighted by Crippen LogP contribution is -2.30. The number of hydrogen-bond acceptors (Lipinski definition) is 5. The molecule has 0 aliphatic carbocycles. The summed E-state index contributed by atoms with van der Waals surface area (Å²) < 4.78 is 31.4. The van der Waals surface area contributed by atoms with Crippen LogP contribution in [-0.4, -0.2) is 14.3 Å². The molecule has 4 rings (SSSR count). The van der Waals surface area contributed by atoms with Crippen LogP contribution in [-0.2, 0) is 16.4 Å². The van der Waals surface area contributed by atoms with Gasteiger partial charge in [-0.1, -0.05) is 47.0 Å². The Morgan fingerprint density at radius 1 is 1.03 bits per heavy atom. The molecule has 5 nitrogen and oxygen atoms in total. The third-order valence-electron chi connectivity index (χ3n) is 4.73. The lowest BCUT2D eigenvalue weighted by Gasteiger charge is -2.22. The molecule has 0 unspecified atom stereocenters. The molecule has 1 amide bonds. The molecule has 4 aromatic rings. The largest absolute Gasteiger partial charge is 0.439 e. The minimum Gasteiger partial charge on any atom is -0.439 e. The van der Waals surface area contributed by atoms with Gasteiger partial charge in [0, 0.05) is 9.90 Å². The van der Waals surface area contributed by atoms with Crippen LogP contribution in [0.3, 0.4) is 0 Å². The van der Waals surface area contributed by atoms with Gasteiger partial charge in [-0.3, -0.25) is 9.69 Å². The van der Waals surface area contributed by atoms with Crippen molar-refractivity contribution in [3.05, 3.63) is 98.4 Å². The Morgan fingerprint density at radius 3 is 2.47 bits per heavy atom. The molecule has 0 saturated carbocycles. The van der Waals surface area contributed by atoms with Gasteiger partial charge in [-0.15, -0.1) is 11.3 Å². The first kappa shape index (κ1) is 22.6. The first-order chi connectivity index (χ1) is 15.3. The third-order valence-corrected chi connectivity index (χ3v) is 7.78. The lowest BCUT2D eigenvalue weighted by atomic mass is 10.2. The molecule has 0 aliphatic heterocycles. The molecule has 0 radical (unpaired) electrons. The van der Waals surface area contributed by atoms with Gasteiger partial charge in [-0.05, 0) is 60.8 Å². The summed E-state index contributed by atoms with van der Waals surface area (Å²) in [6.45, 7) is 2.08. The summed E-state index contributed by atoms with van der Waals surface area (Å²) in [5.41, 5.74) is 1.33. The van der Waals surface area contributed by atoms with Gasteiger partial charge in [0.2, 0.25) is 14.9 Å². The van der Waals surface area contributed by atoms with E-state index in [-0.39, 0.29) is 22.3 Å². The smallest absolute Gasteiger partial charge is 0.294 e. The molecule has 2 heterocycles. The van der Waals surface area contributed by atoms with Crippen LogP contribution < -0.4 is 4.90 Å². The maximum atomic E-state index is 13.4. The highest BCUT2D eigenvalue weighted by atomic mass is 35.5. The molecule has 2 aromatic carbocycles. The number of benzene rings is 2. The van der Waals surface area contributed by atoms with Crippen molar-refractivity contribution in [1.82, 2.24) is 0 Å². The molecule has 0 N–H and O–H groups in total. The fourth-order valence-corrected chi connectivity index (χ4v) is 5.32. The number of carbonyl (C=O) groups is 1. The average molecular weight is 506 g/mol. The third kappa shape index (κ3) is 4.61. The van der Waals surface area contributed by atoms with Crippen molar-refractivity contribution in [3.63, 3.8) is 0 Å². The number of rotatable bonds is 6. The van der Waals surface area contributed by atoms with Gasteiger partial charge in [0.05, 0.1) is 22.2 Å². The molecule has 9 heteroatoms. The molecule has 0 saturated heterocycles. The van der Waals surface area contributed by atoms with E-state index in [0.717, 1.165) is 10.4 Å². The van der Waals surface area contributed by atoms with E-state index in [1.807, 2.05) is 24.4 Å². The number of hydrogen-bond donors (Lipinski definition) is 0. The second kappa shape index (κ2) is 9.11. The highest BCUT2D eigenvalue weighted by Gasteiger charge is 2.27. The number of sulfone groups is 1. The van der Waals surface area contributed by atoms with E-state index in [9.17, 15) is 13.2 Å². The number of halogens is 2. The molecular formula is C23H17Cl2NO4S2. The Morgan fingerprint density at radius 2 is 1.78 bits per heavy atom. The molecule has 0 bridgehead atoms. The Balaban J connectivity index is 1.71. The van der Waals surface area contributed by atoms with Gasteiger partial charge in [0.25, 0.3) is 5.91 Å². The summed E-state index contributed by atoms with van der Waals surface area (Å²) in [6, 6.07) is 17.6. The topological polar surface area (TPSA) is 67.6 Å². The van der Waals surface area contributed by atoms with Crippen LogP contribution in [0.15, 0.2) is 86.5 Å². The van der Waals surface area contributed by atoms with Gasteiger partial charge in [0.1, 0.15) is 0 Å². The van der Waals surface area contributed by atoms with Gasteiger partial charge in [0.15, 0.2) is 5.76 Å². The molecular weight excluding hydrogens is 489 g/mol. The standard InChI is InChI=1S/C23H17Cl2NO4S2/c1-15-4-7-18(8-5-15)32(28,29)22-11-10-21(30-22)23(27)26(14-17-3-2-12-31-17)20-13-16(24)6-9-19(20)25/h2-13H,14H2,1H3. The van der Waals surface area contributed by atoms with E-state index in [1.54, 1.807) is 30.3 Å². The minimum atomic E-state index is -3.91. The normalized spacial score (nSPS) is 11.5. The molecule has 164 valence electrons. The van der Waals surface area contributed by atoms with Crippen LogP contribution in [0.1, 0.15) is 21.0 Å². The van der Waals surface area contributed by atoms with Crippen molar-refractivity contribution in [2.75, 3.05) is 4.90 Å². The van der Waals surface area contributed by atoms with E-state index < -0.39 is 15.7 Å². The van der Waals surface area contributed by atoms with Gasteiger partial charge in [-0.2, -0.15) is 0 Å². The first-order valence-electron chi connectivity index (χ1n) is 9.46. The summed E-state index contributed by atoms with van der Waals surface area (Å²) in [6.07, 6.45) is 0. The Hall–Kier alpha value is -2.58. The van der Waals surface area contributed by atoms with E-state index >= 15 is 0 Å². The summed E-state index contributed by atoms with van der Waals surface area (Å²) >= 11 is 14.0. The predicted octanol–water partition coefficient (Wildman–Crippen LogP) is 6.64. The SMILES string of the molecule is Cc1ccc(S(=O)(=O)c2ccc(C(=O)N(Cc3cccs3)c3cc(Cl)ccc3Cl)o2)cc1. The number of thiophene rings is 1. The Bertz CT molecular complexity index is 1360. The quantitative estimate of drug-likeness (QED) is 0.294. The molecule has 0 atom stereocenters. The summed E-state index contributed by atoms with van der Waals surface area (Å²) in [5.74, 6) is -0.656. The van der Waals surface area contributed by atoms with Crippen molar-refractivity contribution in [2.24, 2.45) is 0 Å². The van der Waals surface area contributed by atoms with Crippen molar-refractivity contribution < 1.29 is 17.6 Å². The highest BCUT2D eigenvalue weighted by molar-refractivity contribution is 7.91. The van der Waals surface area contributed by atoms with Crippen LogP contribution >= 0.6 is 34.5 Å². The molecule has 0 fully saturated rings. The molecule has 2 aromatic heterocycles. The maximum Gasteiger partial charge on any atom is 0.294 e. The fraction of sp³-hybridized carbons (Fsp3) is 0.0870. The van der Waals surface area contributed by atoms with E-state index in [2.05, 4.69) is 0 Å².